The van der Waals surface area contributed by atoms with Crippen molar-refractivity contribution in [2.45, 2.75) is 50.3 Å². The Balaban J connectivity index is 1.28. The Morgan fingerprint density at radius 3 is 2.44 bits per heavy atom. The van der Waals surface area contributed by atoms with Gasteiger partial charge in [-0.15, -0.1) is 13.2 Å². The first-order valence-electron chi connectivity index (χ1n) is 10.1. The number of halogens is 5. The molecule has 1 heterocycles. The molecule has 178 valence electrons. The number of amides is 2. The van der Waals surface area contributed by atoms with E-state index in [4.69, 9.17) is 21.1 Å². The summed E-state index contributed by atoms with van der Waals surface area (Å²) in [5, 5.41) is 2.77. The van der Waals surface area contributed by atoms with Gasteiger partial charge in [-0.1, -0.05) is 11.6 Å². The molecule has 2 aliphatic rings. The summed E-state index contributed by atoms with van der Waals surface area (Å²) in [5.41, 5.74) is 0. The molecule has 7 nitrogen and oxygen atoms in total. The number of alkyl halides is 3. The Kier molecular flexibility index (Phi) is 8.18. The normalized spacial score (nSPS) is 21.7. The van der Waals surface area contributed by atoms with Crippen LogP contribution in [-0.4, -0.2) is 67.6 Å². The van der Waals surface area contributed by atoms with E-state index in [1.807, 2.05) is 0 Å². The van der Waals surface area contributed by atoms with Gasteiger partial charge in [-0.2, -0.15) is 0 Å². The second-order valence-corrected chi connectivity index (χ2v) is 8.08. The molecular weight excluding hydrogens is 460 g/mol. The minimum atomic E-state index is -4.66. The summed E-state index contributed by atoms with van der Waals surface area (Å²) in [7, 11) is 0. The van der Waals surface area contributed by atoms with Crippen LogP contribution >= 0.6 is 11.6 Å². The fourth-order valence-corrected chi connectivity index (χ4v) is 3.59. The largest absolute Gasteiger partial charge is 0.522 e. The summed E-state index contributed by atoms with van der Waals surface area (Å²) in [6.45, 7) is 0.349. The summed E-state index contributed by atoms with van der Waals surface area (Å²) in [6.07, 6.45) is -4.72. The van der Waals surface area contributed by atoms with Crippen molar-refractivity contribution in [1.29, 1.82) is 0 Å². The average molecular weight is 483 g/mol. The van der Waals surface area contributed by atoms with Crippen molar-refractivity contribution in [2.75, 3.05) is 26.3 Å². The van der Waals surface area contributed by atoms with Crippen LogP contribution in [-0.2, 0) is 19.1 Å². The van der Waals surface area contributed by atoms with E-state index in [0.717, 1.165) is 6.07 Å². The number of nitrogens with zero attached hydrogens (tertiary/aromatic N) is 1. The number of hydrogen-bond donors (Lipinski definition) is 1. The van der Waals surface area contributed by atoms with Gasteiger partial charge < -0.3 is 19.7 Å². The van der Waals surface area contributed by atoms with Crippen molar-refractivity contribution in [3.05, 3.63) is 29.0 Å². The number of benzene rings is 1. The van der Waals surface area contributed by atoms with Gasteiger partial charge in [0.2, 0.25) is 5.91 Å². The van der Waals surface area contributed by atoms with Gasteiger partial charge in [0, 0.05) is 38.0 Å². The monoisotopic (exact) mass is 482 g/mol. The highest BCUT2D eigenvalue weighted by atomic mass is 35.5. The van der Waals surface area contributed by atoms with Crippen LogP contribution in [0, 0.1) is 5.82 Å². The molecule has 0 radical (unpaired) electrons. The summed E-state index contributed by atoms with van der Waals surface area (Å²) in [5.74, 6) is -1.07. The second-order valence-electron chi connectivity index (χ2n) is 7.68. The number of carbonyl (C=O) groups is 2. The van der Waals surface area contributed by atoms with Crippen LogP contribution in [0.25, 0.3) is 0 Å². The van der Waals surface area contributed by atoms with E-state index in [9.17, 15) is 27.2 Å². The van der Waals surface area contributed by atoms with E-state index in [2.05, 4.69) is 10.1 Å². The number of carbonyl (C=O) groups excluding carboxylic acids is 2. The van der Waals surface area contributed by atoms with Gasteiger partial charge in [-0.25, -0.2) is 4.39 Å². The maximum absolute atomic E-state index is 13.4. The number of nitrogens with one attached hydrogen (secondary N) is 1. The fourth-order valence-electron chi connectivity index (χ4n) is 3.48. The molecule has 0 bridgehead atoms. The van der Waals surface area contributed by atoms with Gasteiger partial charge in [0.1, 0.15) is 18.2 Å². The molecule has 3 rings (SSSR count). The topological polar surface area (TPSA) is 77.1 Å². The van der Waals surface area contributed by atoms with Crippen molar-refractivity contribution in [3.63, 3.8) is 0 Å². The van der Waals surface area contributed by atoms with Gasteiger partial charge >= 0.3 is 6.36 Å². The molecule has 2 fully saturated rings. The van der Waals surface area contributed by atoms with E-state index in [-0.39, 0.29) is 54.7 Å². The van der Waals surface area contributed by atoms with Crippen LogP contribution in [0.5, 0.6) is 5.75 Å². The Morgan fingerprint density at radius 2 is 1.81 bits per heavy atom. The molecule has 1 saturated heterocycles. The molecule has 12 heteroatoms. The zero-order valence-electron chi connectivity index (χ0n) is 17.0. The summed E-state index contributed by atoms with van der Waals surface area (Å²) < 4.78 is 64.1. The predicted molar refractivity (Wildman–Crippen MR) is 105 cm³/mol. The lowest BCUT2D eigenvalue weighted by Crippen LogP contribution is -2.49. The molecule has 32 heavy (non-hydrogen) atoms. The molecule has 1 saturated carbocycles. The lowest BCUT2D eigenvalue weighted by Gasteiger charge is -2.36. The third-order valence-corrected chi connectivity index (χ3v) is 5.57. The molecule has 1 aromatic carbocycles. The molecule has 1 aliphatic carbocycles. The number of piperidine rings is 1. The Labute approximate surface area is 186 Å². The summed E-state index contributed by atoms with van der Waals surface area (Å²) >= 11 is 5.59. The van der Waals surface area contributed by atoms with Crippen molar-refractivity contribution < 1.29 is 41.4 Å². The molecule has 1 aromatic rings. The molecule has 0 spiro atoms. The van der Waals surface area contributed by atoms with Gasteiger partial charge in [-0.3, -0.25) is 14.3 Å². The number of ether oxygens (including phenoxy) is 3. The standard InChI is InChI=1S/C20H23ClF4N2O5/c21-16-2-1-13(9-17(16)22)30-10-18(28)26-12-3-5-27(6-4-12)19(29)11-31-14-7-15(8-14)32-20(23,24)25/h1-2,9,12,14-15H,3-8,10-11H2,(H,26,28)/t14-,15+. The van der Waals surface area contributed by atoms with E-state index in [0.29, 0.717) is 25.9 Å². The van der Waals surface area contributed by atoms with E-state index >= 15 is 0 Å². The molecule has 1 aliphatic heterocycles. The van der Waals surface area contributed by atoms with Crippen molar-refractivity contribution in [2.24, 2.45) is 0 Å². The van der Waals surface area contributed by atoms with Gasteiger partial charge in [-0.05, 0) is 25.0 Å². The van der Waals surface area contributed by atoms with Gasteiger partial charge in [0.05, 0.1) is 17.2 Å². The van der Waals surface area contributed by atoms with Crippen LogP contribution in [0.3, 0.4) is 0 Å². The zero-order valence-corrected chi connectivity index (χ0v) is 17.8. The maximum atomic E-state index is 13.4. The highest BCUT2D eigenvalue weighted by Crippen LogP contribution is 2.32. The first kappa shape index (κ1) is 24.5. The zero-order chi connectivity index (χ0) is 23.3. The highest BCUT2D eigenvalue weighted by Gasteiger charge is 2.41. The third-order valence-electron chi connectivity index (χ3n) is 5.27. The predicted octanol–water partition coefficient (Wildman–Crippen LogP) is 3.05. The van der Waals surface area contributed by atoms with Crippen molar-refractivity contribution in [1.82, 2.24) is 10.2 Å². The first-order chi connectivity index (χ1) is 15.1. The highest BCUT2D eigenvalue weighted by molar-refractivity contribution is 6.30. The lowest BCUT2D eigenvalue weighted by molar-refractivity contribution is -0.357. The van der Waals surface area contributed by atoms with Crippen LogP contribution in [0.4, 0.5) is 17.6 Å². The van der Waals surface area contributed by atoms with E-state index in [1.54, 1.807) is 4.90 Å². The van der Waals surface area contributed by atoms with E-state index in [1.165, 1.54) is 12.1 Å². The van der Waals surface area contributed by atoms with Gasteiger partial charge in [0.25, 0.3) is 5.91 Å². The number of likely N-dealkylation sites (tertiary alicyclic amines) is 1. The van der Waals surface area contributed by atoms with E-state index < -0.39 is 24.4 Å². The number of rotatable bonds is 8. The molecular formula is C20H23ClF4N2O5. The molecule has 0 atom stereocenters. The summed E-state index contributed by atoms with van der Waals surface area (Å²) in [6, 6.07) is 3.75. The van der Waals surface area contributed by atoms with Crippen molar-refractivity contribution >= 4 is 23.4 Å². The Hall–Kier alpha value is -2.11. The molecule has 2 amide bonds. The lowest BCUT2D eigenvalue weighted by atomic mass is 9.92. The van der Waals surface area contributed by atoms with Crippen LogP contribution in [0.2, 0.25) is 5.02 Å². The van der Waals surface area contributed by atoms with Crippen LogP contribution in [0.15, 0.2) is 18.2 Å². The maximum Gasteiger partial charge on any atom is 0.522 e. The number of hydrogen-bond acceptors (Lipinski definition) is 5. The quantitative estimate of drug-likeness (QED) is 0.576. The Bertz CT molecular complexity index is 812. The fraction of sp³-hybridized carbons (Fsp3) is 0.600. The molecule has 0 aromatic heterocycles. The smallest absolute Gasteiger partial charge is 0.484 e. The SMILES string of the molecule is O=C(COc1ccc(Cl)c(F)c1)NC1CCN(C(=O)CO[C@H]2C[C@@H](OC(F)(F)F)C2)CC1. The average Bonchev–Trinajstić information content (AvgIpc) is 2.70. The first-order valence-corrected chi connectivity index (χ1v) is 10.5. The Morgan fingerprint density at radius 1 is 1.12 bits per heavy atom. The van der Waals surface area contributed by atoms with Crippen molar-refractivity contribution in [3.8, 4) is 5.75 Å². The minimum Gasteiger partial charge on any atom is -0.484 e. The van der Waals surface area contributed by atoms with Crippen LogP contribution < -0.4 is 10.1 Å². The van der Waals surface area contributed by atoms with Gasteiger partial charge in [0.15, 0.2) is 6.61 Å². The van der Waals surface area contributed by atoms with Crippen LogP contribution in [0.1, 0.15) is 25.7 Å². The molecule has 1 N–H and O–H groups in total. The third kappa shape index (κ3) is 7.49. The summed E-state index contributed by atoms with van der Waals surface area (Å²) in [4.78, 5) is 25.9. The molecule has 0 unspecified atom stereocenters. The second kappa shape index (κ2) is 10.7. The minimum absolute atomic E-state index is 0.0409.